The van der Waals surface area contributed by atoms with Gasteiger partial charge in [-0.1, -0.05) is 43.0 Å². The average molecular weight is 474 g/mol. The van der Waals surface area contributed by atoms with Crippen molar-refractivity contribution in [1.29, 1.82) is 0 Å². The van der Waals surface area contributed by atoms with E-state index in [1.54, 1.807) is 11.3 Å². The number of nitrogens with zero attached hydrogens (tertiary/aromatic N) is 3. The Morgan fingerprint density at radius 1 is 1.00 bits per heavy atom. The Kier molecular flexibility index (Phi) is 8.67. The third-order valence-corrected chi connectivity index (χ3v) is 8.01. The molecule has 7 heteroatoms. The second-order valence-electron chi connectivity index (χ2n) is 9.95. The summed E-state index contributed by atoms with van der Waals surface area (Å²) in [5.41, 5.74) is 6.84. The van der Waals surface area contributed by atoms with Crippen LogP contribution in [0.15, 0.2) is 24.3 Å². The van der Waals surface area contributed by atoms with Crippen molar-refractivity contribution in [3.8, 4) is 0 Å². The summed E-state index contributed by atoms with van der Waals surface area (Å²) in [4.78, 5) is 32.2. The molecule has 0 aromatic heterocycles. The molecule has 1 aliphatic carbocycles. The van der Waals surface area contributed by atoms with Crippen LogP contribution in [0, 0.1) is 12.3 Å². The van der Waals surface area contributed by atoms with Gasteiger partial charge in [-0.15, -0.1) is 0 Å². The van der Waals surface area contributed by atoms with Gasteiger partial charge in [-0.3, -0.25) is 14.5 Å². The topological polar surface area (TPSA) is 69.9 Å². The molecule has 1 aromatic rings. The van der Waals surface area contributed by atoms with Crippen molar-refractivity contribution in [3.05, 3.63) is 41.3 Å². The highest BCUT2D eigenvalue weighted by molar-refractivity contribution is 6.30. The van der Waals surface area contributed by atoms with E-state index < -0.39 is 11.9 Å². The lowest BCUT2D eigenvalue weighted by atomic mass is 9.82. The molecule has 2 atom stereocenters. The number of piperazine rings is 1. The van der Waals surface area contributed by atoms with E-state index in [1.807, 2.05) is 24.3 Å². The van der Waals surface area contributed by atoms with Crippen molar-refractivity contribution in [1.82, 2.24) is 14.7 Å². The van der Waals surface area contributed by atoms with Crippen LogP contribution in [0.5, 0.6) is 0 Å². The lowest BCUT2D eigenvalue weighted by Crippen LogP contribution is -2.63. The SMILES string of the molecule is NC(=O)C1CN(C(CN2CCCC2)C2CCCCC2)CCN1C(=O)[CH]Cc1ccc(Cl)cc1. The molecule has 2 amide bonds. The van der Waals surface area contributed by atoms with Gasteiger partial charge in [0.2, 0.25) is 11.8 Å². The third-order valence-electron chi connectivity index (χ3n) is 7.76. The maximum Gasteiger partial charge on any atom is 0.241 e. The molecule has 2 heterocycles. The minimum absolute atomic E-state index is 0.109. The molecule has 2 aliphatic heterocycles. The number of nitrogens with two attached hydrogens (primary N) is 1. The number of carbonyl (C=O) groups excluding carboxylic acids is 2. The zero-order valence-electron chi connectivity index (χ0n) is 19.6. The highest BCUT2D eigenvalue weighted by Crippen LogP contribution is 2.31. The summed E-state index contributed by atoms with van der Waals surface area (Å²) in [6, 6.07) is 7.36. The Balaban J connectivity index is 1.40. The Morgan fingerprint density at radius 3 is 2.36 bits per heavy atom. The van der Waals surface area contributed by atoms with Crippen LogP contribution in [0.4, 0.5) is 0 Å². The van der Waals surface area contributed by atoms with Crippen molar-refractivity contribution < 1.29 is 9.59 Å². The first-order valence-corrected chi connectivity index (χ1v) is 13.0. The van der Waals surface area contributed by atoms with Crippen LogP contribution < -0.4 is 5.73 Å². The second kappa shape index (κ2) is 11.7. The summed E-state index contributed by atoms with van der Waals surface area (Å²) in [5.74, 6) is 0.158. The zero-order chi connectivity index (χ0) is 23.2. The van der Waals surface area contributed by atoms with E-state index in [2.05, 4.69) is 9.80 Å². The molecule has 1 saturated carbocycles. The first-order chi connectivity index (χ1) is 16.0. The molecular formula is C26H38ClN4O2. The number of benzene rings is 1. The van der Waals surface area contributed by atoms with E-state index in [4.69, 9.17) is 17.3 Å². The van der Waals surface area contributed by atoms with Crippen molar-refractivity contribution in [3.63, 3.8) is 0 Å². The van der Waals surface area contributed by atoms with Gasteiger partial charge >= 0.3 is 0 Å². The van der Waals surface area contributed by atoms with Gasteiger partial charge < -0.3 is 15.5 Å². The van der Waals surface area contributed by atoms with E-state index in [1.165, 1.54) is 58.0 Å². The number of carbonyl (C=O) groups is 2. The molecule has 2 saturated heterocycles. The lowest BCUT2D eigenvalue weighted by molar-refractivity contribution is -0.141. The van der Waals surface area contributed by atoms with E-state index in [9.17, 15) is 9.59 Å². The molecule has 2 unspecified atom stereocenters. The quantitative estimate of drug-likeness (QED) is 0.629. The van der Waals surface area contributed by atoms with E-state index in [0.717, 1.165) is 18.7 Å². The van der Waals surface area contributed by atoms with Gasteiger partial charge in [0.25, 0.3) is 0 Å². The molecule has 1 aromatic carbocycles. The fraction of sp³-hybridized carbons (Fsp3) is 0.654. The van der Waals surface area contributed by atoms with Crippen LogP contribution in [0.3, 0.4) is 0 Å². The maximum atomic E-state index is 13.0. The summed E-state index contributed by atoms with van der Waals surface area (Å²) in [7, 11) is 0. The number of halogens is 1. The molecule has 0 bridgehead atoms. The highest BCUT2D eigenvalue weighted by atomic mass is 35.5. The summed E-state index contributed by atoms with van der Waals surface area (Å²) in [6.07, 6.45) is 11.2. The molecule has 2 N–H and O–H groups in total. The Labute approximate surface area is 203 Å². The van der Waals surface area contributed by atoms with Crippen LogP contribution >= 0.6 is 11.6 Å². The molecule has 33 heavy (non-hydrogen) atoms. The molecule has 4 rings (SSSR count). The van der Waals surface area contributed by atoms with Crippen molar-refractivity contribution in [2.24, 2.45) is 11.7 Å². The summed E-state index contributed by atoms with van der Waals surface area (Å²) in [6.45, 7) is 5.34. The Hall–Kier alpha value is -1.63. The van der Waals surface area contributed by atoms with E-state index in [0.29, 0.717) is 36.5 Å². The summed E-state index contributed by atoms with van der Waals surface area (Å²) >= 11 is 5.95. The smallest absolute Gasteiger partial charge is 0.241 e. The van der Waals surface area contributed by atoms with Crippen molar-refractivity contribution in [2.75, 3.05) is 39.3 Å². The van der Waals surface area contributed by atoms with Crippen LogP contribution in [0.2, 0.25) is 5.02 Å². The fourth-order valence-electron chi connectivity index (χ4n) is 5.87. The van der Waals surface area contributed by atoms with Gasteiger partial charge in [0.1, 0.15) is 6.04 Å². The monoisotopic (exact) mass is 473 g/mol. The Morgan fingerprint density at radius 2 is 1.70 bits per heavy atom. The zero-order valence-corrected chi connectivity index (χ0v) is 20.4. The number of primary amides is 1. The maximum absolute atomic E-state index is 13.0. The van der Waals surface area contributed by atoms with Crippen molar-refractivity contribution >= 4 is 23.4 Å². The first-order valence-electron chi connectivity index (χ1n) is 12.7. The minimum Gasteiger partial charge on any atom is -0.368 e. The number of likely N-dealkylation sites (tertiary alicyclic amines) is 1. The molecule has 3 fully saturated rings. The molecule has 3 aliphatic rings. The van der Waals surface area contributed by atoms with Crippen LogP contribution in [-0.2, 0) is 16.0 Å². The molecule has 181 valence electrons. The van der Waals surface area contributed by atoms with Crippen molar-refractivity contribution in [2.45, 2.75) is 63.5 Å². The van der Waals surface area contributed by atoms with Crippen LogP contribution in [0.1, 0.15) is 50.5 Å². The third kappa shape index (κ3) is 6.49. The van der Waals surface area contributed by atoms with Gasteiger partial charge in [-0.05, 0) is 68.8 Å². The van der Waals surface area contributed by atoms with Gasteiger partial charge in [-0.25, -0.2) is 0 Å². The standard InChI is InChI=1S/C26H38ClN4O2/c27-22-11-8-20(9-12-22)10-13-25(32)31-17-16-30(19-24(31)26(28)33)23(18-29-14-4-5-15-29)21-6-2-1-3-7-21/h8-9,11-13,21,23-24H,1-7,10,14-19H2,(H2,28,33). The van der Waals surface area contributed by atoms with Gasteiger partial charge in [-0.2, -0.15) is 0 Å². The van der Waals surface area contributed by atoms with Gasteiger partial charge in [0.05, 0.1) is 6.42 Å². The largest absolute Gasteiger partial charge is 0.368 e. The lowest BCUT2D eigenvalue weighted by Gasteiger charge is -2.47. The summed E-state index contributed by atoms with van der Waals surface area (Å²) < 4.78 is 0. The molecule has 1 radical (unpaired) electrons. The number of hydrogen-bond donors (Lipinski definition) is 1. The Bertz CT molecular complexity index is 790. The van der Waals surface area contributed by atoms with E-state index in [-0.39, 0.29) is 5.91 Å². The summed E-state index contributed by atoms with van der Waals surface area (Å²) in [5, 5.41) is 0.677. The fourth-order valence-corrected chi connectivity index (χ4v) is 5.99. The number of rotatable bonds is 8. The van der Waals surface area contributed by atoms with Crippen LogP contribution in [-0.4, -0.2) is 77.9 Å². The minimum atomic E-state index is -0.572. The number of amides is 2. The molecule has 0 spiro atoms. The van der Waals surface area contributed by atoms with Gasteiger partial charge in [0.15, 0.2) is 0 Å². The molecular weight excluding hydrogens is 436 g/mol. The average Bonchev–Trinajstić information content (AvgIpc) is 3.35. The highest BCUT2D eigenvalue weighted by Gasteiger charge is 2.39. The van der Waals surface area contributed by atoms with E-state index >= 15 is 0 Å². The predicted molar refractivity (Wildman–Crippen MR) is 132 cm³/mol. The first kappa shape index (κ1) is 24.5. The second-order valence-corrected chi connectivity index (χ2v) is 10.4. The normalized spacial score (nSPS) is 24.2. The molecule has 6 nitrogen and oxygen atoms in total. The van der Waals surface area contributed by atoms with Gasteiger partial charge in [0, 0.05) is 37.2 Å². The predicted octanol–water partition coefficient (Wildman–Crippen LogP) is 3.13. The van der Waals surface area contributed by atoms with Crippen LogP contribution in [0.25, 0.3) is 0 Å². The number of hydrogen-bond acceptors (Lipinski definition) is 4.